The Labute approximate surface area is 128 Å². The highest BCUT2D eigenvalue weighted by molar-refractivity contribution is 5.40. The first-order chi connectivity index (χ1) is 10.1. The zero-order valence-corrected chi connectivity index (χ0v) is 13.6. The number of hydrogen-bond acceptors (Lipinski definition) is 4. The van der Waals surface area contributed by atoms with Gasteiger partial charge >= 0.3 is 0 Å². The molecule has 0 bridgehead atoms. The van der Waals surface area contributed by atoms with Crippen LogP contribution < -0.4 is 5.73 Å². The number of ether oxygens (including phenoxy) is 1. The Balaban J connectivity index is 1.95. The van der Waals surface area contributed by atoms with Crippen molar-refractivity contribution in [2.24, 2.45) is 0 Å². The summed E-state index contributed by atoms with van der Waals surface area (Å²) < 4.78 is 5.94. The second-order valence-electron chi connectivity index (χ2n) is 6.15. The molecule has 0 saturated carbocycles. The van der Waals surface area contributed by atoms with Crippen molar-refractivity contribution in [2.75, 3.05) is 38.5 Å². The van der Waals surface area contributed by atoms with Crippen LogP contribution in [-0.4, -0.2) is 54.7 Å². The standard InChI is InChI=1S/C17H29N3O/c1-4-19-8-9-21-17(12-19)13-20(14(2)3)11-15-6-5-7-16(18)10-15/h5-7,10,14,17H,4,8-9,11-13,18H2,1-3H3. The predicted molar refractivity (Wildman–Crippen MR) is 88.3 cm³/mol. The van der Waals surface area contributed by atoms with Crippen LogP contribution in [0.3, 0.4) is 0 Å². The molecule has 118 valence electrons. The molecule has 2 N–H and O–H groups in total. The monoisotopic (exact) mass is 291 g/mol. The fourth-order valence-corrected chi connectivity index (χ4v) is 2.82. The number of benzene rings is 1. The van der Waals surface area contributed by atoms with E-state index < -0.39 is 0 Å². The van der Waals surface area contributed by atoms with Gasteiger partial charge in [0, 0.05) is 37.9 Å². The maximum absolute atomic E-state index is 5.94. The topological polar surface area (TPSA) is 41.7 Å². The van der Waals surface area contributed by atoms with E-state index in [4.69, 9.17) is 10.5 Å². The van der Waals surface area contributed by atoms with Gasteiger partial charge in [-0.15, -0.1) is 0 Å². The molecule has 1 saturated heterocycles. The molecule has 1 aromatic rings. The predicted octanol–water partition coefficient (Wildman–Crippen LogP) is 2.20. The number of likely N-dealkylation sites (N-methyl/N-ethyl adjacent to an activating group) is 1. The molecule has 0 radical (unpaired) electrons. The minimum atomic E-state index is 0.308. The van der Waals surface area contributed by atoms with Gasteiger partial charge < -0.3 is 10.5 Å². The highest BCUT2D eigenvalue weighted by Gasteiger charge is 2.23. The second kappa shape index (κ2) is 7.78. The minimum absolute atomic E-state index is 0.308. The molecule has 1 heterocycles. The molecule has 4 nitrogen and oxygen atoms in total. The molecule has 0 spiro atoms. The molecule has 4 heteroatoms. The van der Waals surface area contributed by atoms with E-state index in [1.165, 1.54) is 5.56 Å². The lowest BCUT2D eigenvalue weighted by atomic mass is 10.1. The van der Waals surface area contributed by atoms with E-state index in [-0.39, 0.29) is 0 Å². The molecule has 21 heavy (non-hydrogen) atoms. The van der Waals surface area contributed by atoms with Crippen molar-refractivity contribution in [1.82, 2.24) is 9.80 Å². The van der Waals surface area contributed by atoms with Gasteiger partial charge in [0.05, 0.1) is 12.7 Å². The first kappa shape index (κ1) is 16.3. The molecule has 2 rings (SSSR count). The van der Waals surface area contributed by atoms with Gasteiger partial charge in [-0.1, -0.05) is 19.1 Å². The van der Waals surface area contributed by atoms with Crippen molar-refractivity contribution >= 4 is 5.69 Å². The summed E-state index contributed by atoms with van der Waals surface area (Å²) >= 11 is 0. The van der Waals surface area contributed by atoms with E-state index in [1.807, 2.05) is 12.1 Å². The van der Waals surface area contributed by atoms with E-state index in [1.54, 1.807) is 0 Å². The van der Waals surface area contributed by atoms with Crippen molar-refractivity contribution < 1.29 is 4.74 Å². The van der Waals surface area contributed by atoms with Crippen molar-refractivity contribution in [3.63, 3.8) is 0 Å². The average molecular weight is 291 g/mol. The van der Waals surface area contributed by atoms with Crippen molar-refractivity contribution in [3.05, 3.63) is 29.8 Å². The fraction of sp³-hybridized carbons (Fsp3) is 0.647. The van der Waals surface area contributed by atoms with Crippen LogP contribution >= 0.6 is 0 Å². The Morgan fingerprint density at radius 2 is 2.24 bits per heavy atom. The van der Waals surface area contributed by atoms with Gasteiger partial charge in [0.1, 0.15) is 0 Å². The summed E-state index contributed by atoms with van der Waals surface area (Å²) in [5.74, 6) is 0. The Bertz CT molecular complexity index is 436. The summed E-state index contributed by atoms with van der Waals surface area (Å²) in [7, 11) is 0. The minimum Gasteiger partial charge on any atom is -0.399 e. The summed E-state index contributed by atoms with van der Waals surface area (Å²) in [6, 6.07) is 8.67. The molecule has 1 unspecified atom stereocenters. The van der Waals surface area contributed by atoms with Crippen LogP contribution in [0.15, 0.2) is 24.3 Å². The van der Waals surface area contributed by atoms with Crippen LogP contribution in [-0.2, 0) is 11.3 Å². The van der Waals surface area contributed by atoms with Gasteiger partial charge in [-0.25, -0.2) is 0 Å². The lowest BCUT2D eigenvalue weighted by Gasteiger charge is -2.36. The lowest BCUT2D eigenvalue weighted by molar-refractivity contribution is -0.0468. The van der Waals surface area contributed by atoms with E-state index in [2.05, 4.69) is 42.7 Å². The Morgan fingerprint density at radius 1 is 1.43 bits per heavy atom. The van der Waals surface area contributed by atoms with Crippen molar-refractivity contribution in [1.29, 1.82) is 0 Å². The van der Waals surface area contributed by atoms with Gasteiger partial charge in [0.25, 0.3) is 0 Å². The van der Waals surface area contributed by atoms with Gasteiger partial charge in [0.15, 0.2) is 0 Å². The molecule has 1 aliphatic rings. The number of nitrogens with two attached hydrogens (primary N) is 1. The molecular weight excluding hydrogens is 262 g/mol. The molecule has 1 aliphatic heterocycles. The van der Waals surface area contributed by atoms with Gasteiger partial charge in [-0.2, -0.15) is 0 Å². The zero-order valence-electron chi connectivity index (χ0n) is 13.6. The van der Waals surface area contributed by atoms with E-state index >= 15 is 0 Å². The Morgan fingerprint density at radius 3 is 2.90 bits per heavy atom. The van der Waals surface area contributed by atoms with Crippen molar-refractivity contribution in [3.8, 4) is 0 Å². The normalized spacial score (nSPS) is 20.3. The first-order valence-electron chi connectivity index (χ1n) is 8.01. The van der Waals surface area contributed by atoms with Crippen LogP contribution in [0.25, 0.3) is 0 Å². The largest absolute Gasteiger partial charge is 0.399 e. The van der Waals surface area contributed by atoms with Crippen LogP contribution in [0.2, 0.25) is 0 Å². The summed E-state index contributed by atoms with van der Waals surface area (Å²) in [6.07, 6.45) is 0.308. The molecule has 1 fully saturated rings. The number of morpholine rings is 1. The fourth-order valence-electron chi connectivity index (χ4n) is 2.82. The van der Waals surface area contributed by atoms with Crippen LogP contribution in [0.1, 0.15) is 26.3 Å². The Hall–Kier alpha value is -1.10. The number of nitrogens with zero attached hydrogens (tertiary/aromatic N) is 2. The van der Waals surface area contributed by atoms with Gasteiger partial charge in [-0.05, 0) is 38.1 Å². The maximum atomic E-state index is 5.94. The third kappa shape index (κ3) is 4.99. The quantitative estimate of drug-likeness (QED) is 0.816. The van der Waals surface area contributed by atoms with Gasteiger partial charge in [0.2, 0.25) is 0 Å². The maximum Gasteiger partial charge on any atom is 0.0829 e. The number of rotatable bonds is 6. The highest BCUT2D eigenvalue weighted by Crippen LogP contribution is 2.14. The summed E-state index contributed by atoms with van der Waals surface area (Å²) in [5, 5.41) is 0. The van der Waals surface area contributed by atoms with Crippen LogP contribution in [0.4, 0.5) is 5.69 Å². The molecule has 0 aromatic heterocycles. The summed E-state index contributed by atoms with van der Waals surface area (Å²) in [6.45, 7) is 12.7. The molecule has 1 aromatic carbocycles. The zero-order chi connectivity index (χ0) is 15.2. The SMILES string of the molecule is CCN1CCOC(CN(Cc2cccc(N)c2)C(C)C)C1. The third-order valence-electron chi connectivity index (χ3n) is 4.18. The van der Waals surface area contributed by atoms with Crippen LogP contribution in [0.5, 0.6) is 0 Å². The third-order valence-corrected chi connectivity index (χ3v) is 4.18. The average Bonchev–Trinajstić information content (AvgIpc) is 2.47. The highest BCUT2D eigenvalue weighted by atomic mass is 16.5. The lowest BCUT2D eigenvalue weighted by Crippen LogP contribution is -2.48. The van der Waals surface area contributed by atoms with Gasteiger partial charge in [-0.3, -0.25) is 9.80 Å². The number of anilines is 1. The van der Waals surface area contributed by atoms with E-state index in [0.29, 0.717) is 12.1 Å². The summed E-state index contributed by atoms with van der Waals surface area (Å²) in [4.78, 5) is 4.94. The first-order valence-corrected chi connectivity index (χ1v) is 8.01. The summed E-state index contributed by atoms with van der Waals surface area (Å²) in [5.41, 5.74) is 7.99. The molecule has 0 amide bonds. The Kier molecular flexibility index (Phi) is 6.03. The van der Waals surface area contributed by atoms with Crippen LogP contribution in [0, 0.1) is 0 Å². The van der Waals surface area contributed by atoms with E-state index in [0.717, 1.165) is 45.0 Å². The molecule has 0 aliphatic carbocycles. The number of hydrogen-bond donors (Lipinski definition) is 1. The molecule has 1 atom stereocenters. The van der Waals surface area contributed by atoms with Crippen molar-refractivity contribution in [2.45, 2.75) is 39.5 Å². The number of nitrogen functional groups attached to an aromatic ring is 1. The van der Waals surface area contributed by atoms with E-state index in [9.17, 15) is 0 Å². The molecular formula is C17H29N3O. The second-order valence-corrected chi connectivity index (χ2v) is 6.15. The smallest absolute Gasteiger partial charge is 0.0829 e.